The van der Waals surface area contributed by atoms with Gasteiger partial charge in [0.25, 0.3) is 0 Å². The third kappa shape index (κ3) is 31.1. The summed E-state index contributed by atoms with van der Waals surface area (Å²) in [6, 6.07) is 9.68. The molecular weight excluding hydrogens is 316 g/mol. The Labute approximate surface area is 139 Å². The van der Waals surface area contributed by atoms with Gasteiger partial charge in [0.1, 0.15) is 5.75 Å². The Hall–Kier alpha value is -3.46. The second-order valence-electron chi connectivity index (χ2n) is 3.37. The number of nitrogens with zero attached hydrogens (tertiary/aromatic N) is 2. The van der Waals surface area contributed by atoms with Crippen molar-refractivity contribution in [2.24, 2.45) is 9.98 Å². The predicted octanol–water partition coefficient (Wildman–Crippen LogP) is 1.94. The Morgan fingerprint density at radius 3 is 1.50 bits per heavy atom. The summed E-state index contributed by atoms with van der Waals surface area (Å²) in [4.78, 5) is 42.4. The van der Waals surface area contributed by atoms with E-state index in [0.29, 0.717) is 13.1 Å². The summed E-state index contributed by atoms with van der Waals surface area (Å²) >= 11 is 0. The molecular formula is C15H18N4O5. The van der Waals surface area contributed by atoms with Crippen LogP contribution in [0, 0.1) is 10.8 Å². The van der Waals surface area contributed by atoms with Crippen LogP contribution in [0.1, 0.15) is 12.8 Å². The highest BCUT2D eigenvalue weighted by Crippen LogP contribution is 2.05. The lowest BCUT2D eigenvalue weighted by Crippen LogP contribution is -1.84. The Kier molecular flexibility index (Phi) is 29.5. The van der Waals surface area contributed by atoms with Gasteiger partial charge >= 0.3 is 0 Å². The molecule has 0 unspecified atom stereocenters. The van der Waals surface area contributed by atoms with E-state index in [2.05, 4.69) is 9.98 Å². The van der Waals surface area contributed by atoms with Crippen LogP contribution in [0.3, 0.4) is 0 Å². The summed E-state index contributed by atoms with van der Waals surface area (Å²) < 4.78 is 4.91. The van der Waals surface area contributed by atoms with Crippen LogP contribution in [0.2, 0.25) is 0 Å². The lowest BCUT2D eigenvalue weighted by Gasteiger charge is -1.93. The van der Waals surface area contributed by atoms with E-state index in [0.717, 1.165) is 30.8 Å². The first-order valence-electron chi connectivity index (χ1n) is 6.42. The van der Waals surface area contributed by atoms with E-state index in [1.54, 1.807) is 7.11 Å². The summed E-state index contributed by atoms with van der Waals surface area (Å²) in [6.07, 6.45) is 5.88. The summed E-state index contributed by atoms with van der Waals surface area (Å²) in [5, 5.41) is 10.8. The molecule has 0 aliphatic rings. The van der Waals surface area contributed by atoms with Crippen LogP contribution in [-0.2, 0) is 19.2 Å². The summed E-state index contributed by atoms with van der Waals surface area (Å²) in [7, 11) is 1.66. The van der Waals surface area contributed by atoms with Gasteiger partial charge in [-0.2, -0.15) is 0 Å². The van der Waals surface area contributed by atoms with E-state index < -0.39 is 0 Å². The molecule has 9 heteroatoms. The van der Waals surface area contributed by atoms with Crippen molar-refractivity contribution < 1.29 is 23.9 Å². The molecule has 0 aliphatic carbocycles. The van der Waals surface area contributed by atoms with E-state index in [9.17, 15) is 9.59 Å². The molecule has 128 valence electrons. The second kappa shape index (κ2) is 27.8. The number of ether oxygens (including phenoxy) is 1. The van der Waals surface area contributed by atoms with Crippen molar-refractivity contribution in [2.75, 3.05) is 20.2 Å². The van der Waals surface area contributed by atoms with Gasteiger partial charge in [-0.05, 0) is 25.0 Å². The average Bonchev–Trinajstić information content (AvgIpc) is 2.61. The molecule has 0 heterocycles. The number of hydrogen-bond acceptors (Lipinski definition) is 9. The van der Waals surface area contributed by atoms with Crippen LogP contribution < -0.4 is 4.74 Å². The number of aliphatic imine (C=N–C) groups is 2. The normalized spacial score (nSPS) is 6.71. The number of para-hydroxylation sites is 1. The van der Waals surface area contributed by atoms with Crippen LogP contribution in [0.4, 0.5) is 0 Å². The SMILES string of the molecule is COc1ccccc1.N=C=O.N=C=O.O=C=NCCCCN=C=O. The minimum absolute atomic E-state index is 0.470. The van der Waals surface area contributed by atoms with Crippen molar-refractivity contribution in [3.05, 3.63) is 30.3 Å². The highest BCUT2D eigenvalue weighted by Gasteiger charge is 1.83. The number of benzene rings is 1. The second-order valence-corrected chi connectivity index (χ2v) is 3.37. The van der Waals surface area contributed by atoms with Gasteiger partial charge in [0.2, 0.25) is 24.3 Å². The zero-order chi connectivity index (χ0) is 18.9. The zero-order valence-electron chi connectivity index (χ0n) is 13.2. The first-order chi connectivity index (χ1) is 11.7. The van der Waals surface area contributed by atoms with Gasteiger partial charge in [-0.3, -0.25) is 0 Å². The molecule has 0 amide bonds. The minimum Gasteiger partial charge on any atom is -0.497 e. The van der Waals surface area contributed by atoms with Crippen LogP contribution in [0.5, 0.6) is 5.75 Å². The summed E-state index contributed by atoms with van der Waals surface area (Å²) in [6.45, 7) is 0.940. The van der Waals surface area contributed by atoms with Crippen molar-refractivity contribution in [2.45, 2.75) is 12.8 Å². The number of carbonyl (C=O) groups excluding carboxylic acids is 4. The fourth-order valence-electron chi connectivity index (χ4n) is 1.03. The van der Waals surface area contributed by atoms with Crippen LogP contribution in [-0.4, -0.2) is 44.5 Å². The van der Waals surface area contributed by atoms with Crippen LogP contribution in [0.25, 0.3) is 0 Å². The Morgan fingerprint density at radius 2 is 1.25 bits per heavy atom. The molecule has 0 fully saturated rings. The smallest absolute Gasteiger partial charge is 0.234 e. The van der Waals surface area contributed by atoms with Crippen molar-refractivity contribution >= 4 is 24.3 Å². The maximum Gasteiger partial charge on any atom is 0.234 e. The standard InChI is InChI=1S/C7H8O.C6H8N2O2.2CHNO/c1-8-7-5-3-2-4-6-7;9-5-7-3-1-2-4-8-6-10;2*2-1-3/h2-6H,1H3;1-4H2;2*2H. The van der Waals surface area contributed by atoms with Gasteiger partial charge in [0.05, 0.1) is 20.2 Å². The molecule has 0 aliphatic heterocycles. The lowest BCUT2D eigenvalue weighted by atomic mass is 10.3. The quantitative estimate of drug-likeness (QED) is 0.463. The summed E-state index contributed by atoms with van der Waals surface area (Å²) in [5.74, 6) is 0.910. The van der Waals surface area contributed by atoms with Gasteiger partial charge in [0, 0.05) is 0 Å². The Bertz CT molecular complexity index is 520. The fraction of sp³-hybridized carbons (Fsp3) is 0.333. The number of rotatable bonds is 6. The molecule has 2 N–H and O–H groups in total. The van der Waals surface area contributed by atoms with Crippen molar-refractivity contribution in [3.8, 4) is 5.75 Å². The van der Waals surface area contributed by atoms with Crippen molar-refractivity contribution in [1.82, 2.24) is 0 Å². The highest BCUT2D eigenvalue weighted by atomic mass is 16.5. The third-order valence-electron chi connectivity index (χ3n) is 1.90. The first kappa shape index (κ1) is 25.5. The maximum absolute atomic E-state index is 9.52. The van der Waals surface area contributed by atoms with E-state index in [1.165, 1.54) is 12.2 Å². The molecule has 0 saturated carbocycles. The van der Waals surface area contributed by atoms with Crippen LogP contribution in [0.15, 0.2) is 40.3 Å². The fourth-order valence-corrected chi connectivity index (χ4v) is 1.03. The zero-order valence-corrected chi connectivity index (χ0v) is 13.2. The molecule has 1 aromatic carbocycles. The molecule has 9 nitrogen and oxygen atoms in total. The maximum atomic E-state index is 9.52. The monoisotopic (exact) mass is 334 g/mol. The predicted molar refractivity (Wildman–Crippen MR) is 85.0 cm³/mol. The molecule has 0 saturated heterocycles. The Balaban J connectivity index is -0.000000280. The number of nitrogens with one attached hydrogen (secondary N) is 2. The summed E-state index contributed by atoms with van der Waals surface area (Å²) in [5.41, 5.74) is 0. The van der Waals surface area contributed by atoms with Crippen molar-refractivity contribution in [3.63, 3.8) is 0 Å². The minimum atomic E-state index is 0.470. The molecule has 24 heavy (non-hydrogen) atoms. The number of unbranched alkanes of at least 4 members (excludes halogenated alkanes) is 1. The van der Waals surface area contributed by atoms with Gasteiger partial charge in [-0.25, -0.2) is 40.0 Å². The topological polar surface area (TPSA) is 150 Å². The van der Waals surface area contributed by atoms with Crippen molar-refractivity contribution in [1.29, 1.82) is 10.8 Å². The van der Waals surface area contributed by atoms with E-state index in [4.69, 9.17) is 25.1 Å². The first-order valence-corrected chi connectivity index (χ1v) is 6.42. The molecule has 0 bridgehead atoms. The van der Waals surface area contributed by atoms with Gasteiger partial charge < -0.3 is 4.74 Å². The molecule has 0 atom stereocenters. The van der Waals surface area contributed by atoms with Gasteiger partial charge in [-0.15, -0.1) is 0 Å². The van der Waals surface area contributed by atoms with Gasteiger partial charge in [0.15, 0.2) is 0 Å². The average molecular weight is 334 g/mol. The van der Waals surface area contributed by atoms with E-state index >= 15 is 0 Å². The van der Waals surface area contributed by atoms with E-state index in [-0.39, 0.29) is 0 Å². The van der Waals surface area contributed by atoms with Crippen LogP contribution >= 0.6 is 0 Å². The largest absolute Gasteiger partial charge is 0.497 e. The van der Waals surface area contributed by atoms with E-state index in [1.807, 2.05) is 30.3 Å². The molecule has 0 aromatic heterocycles. The van der Waals surface area contributed by atoms with Gasteiger partial charge in [-0.1, -0.05) is 18.2 Å². The number of methoxy groups -OCH3 is 1. The highest BCUT2D eigenvalue weighted by molar-refractivity contribution is 5.33. The number of isocyanates is 4. The number of hydrogen-bond donors (Lipinski definition) is 2. The Morgan fingerprint density at radius 1 is 0.875 bits per heavy atom. The molecule has 0 radical (unpaired) electrons. The third-order valence-corrected chi connectivity index (χ3v) is 1.90. The molecule has 1 rings (SSSR count). The molecule has 0 spiro atoms. The lowest BCUT2D eigenvalue weighted by molar-refractivity contribution is 0.415. The molecule has 1 aromatic rings.